The predicted molar refractivity (Wildman–Crippen MR) is 118 cm³/mol. The van der Waals surface area contributed by atoms with Gasteiger partial charge in [-0.25, -0.2) is 4.39 Å². The first-order chi connectivity index (χ1) is 13.1. The van der Waals surface area contributed by atoms with Crippen LogP contribution in [-0.4, -0.2) is 4.57 Å². The average Bonchev–Trinajstić information content (AvgIpc) is 2.94. The maximum absolute atomic E-state index is 14.7. The second kappa shape index (κ2) is 6.20. The van der Waals surface area contributed by atoms with E-state index in [1.165, 1.54) is 28.0 Å². The van der Waals surface area contributed by atoms with Gasteiger partial charge in [-0.3, -0.25) is 0 Å². The Labute approximate surface area is 166 Å². The molecule has 0 radical (unpaired) electrons. The predicted octanol–water partition coefficient (Wildman–Crippen LogP) is 7.52. The summed E-state index contributed by atoms with van der Waals surface area (Å²) in [6.45, 7) is 13.4. The van der Waals surface area contributed by atoms with Crippen molar-refractivity contribution in [2.24, 2.45) is 0 Å². The Morgan fingerprint density at radius 1 is 0.643 bits per heavy atom. The van der Waals surface area contributed by atoms with E-state index in [-0.39, 0.29) is 16.6 Å². The monoisotopic (exact) mass is 373 g/mol. The summed E-state index contributed by atoms with van der Waals surface area (Å²) in [7, 11) is 0. The average molecular weight is 374 g/mol. The first-order valence-electron chi connectivity index (χ1n) is 9.91. The summed E-state index contributed by atoms with van der Waals surface area (Å²) in [4.78, 5) is 0. The molecule has 1 nitrogen and oxygen atoms in total. The van der Waals surface area contributed by atoms with E-state index in [1.807, 2.05) is 12.1 Å². The lowest BCUT2D eigenvalue weighted by molar-refractivity contribution is 0.590. The van der Waals surface area contributed by atoms with Crippen LogP contribution in [0.25, 0.3) is 27.5 Å². The summed E-state index contributed by atoms with van der Waals surface area (Å²) in [6, 6.07) is 20.2. The summed E-state index contributed by atoms with van der Waals surface area (Å²) in [5.74, 6) is -0.207. The number of halogens is 1. The van der Waals surface area contributed by atoms with E-state index >= 15 is 0 Å². The standard InChI is InChI=1S/C26H28FN/c1-25(2,3)17-11-13-22-19(15-17)20-16-18(26(4,5)6)12-14-23(20)28(22)24-10-8-7-9-21(24)27/h7-16H,1-6H3. The number of nitrogens with zero attached hydrogens (tertiary/aromatic N) is 1. The fourth-order valence-electron chi connectivity index (χ4n) is 3.85. The van der Waals surface area contributed by atoms with Crippen LogP contribution in [0.5, 0.6) is 0 Å². The van der Waals surface area contributed by atoms with Gasteiger partial charge in [0.15, 0.2) is 0 Å². The summed E-state index contributed by atoms with van der Waals surface area (Å²) in [5, 5.41) is 2.36. The lowest BCUT2D eigenvalue weighted by atomic mass is 9.85. The SMILES string of the molecule is CC(C)(C)c1ccc2c(c1)c1cc(C(C)(C)C)ccc1n2-c1ccccc1F. The minimum Gasteiger partial charge on any atom is -0.306 e. The van der Waals surface area contributed by atoms with Crippen LogP contribution in [0.15, 0.2) is 60.7 Å². The van der Waals surface area contributed by atoms with E-state index in [1.54, 1.807) is 6.07 Å². The van der Waals surface area contributed by atoms with Crippen molar-refractivity contribution in [3.05, 3.63) is 77.6 Å². The summed E-state index contributed by atoms with van der Waals surface area (Å²) < 4.78 is 16.8. The van der Waals surface area contributed by atoms with Gasteiger partial charge < -0.3 is 4.57 Å². The van der Waals surface area contributed by atoms with Crippen molar-refractivity contribution in [1.29, 1.82) is 0 Å². The molecule has 3 aromatic carbocycles. The molecule has 4 rings (SSSR count). The second-order valence-electron chi connectivity index (χ2n) is 9.75. The van der Waals surface area contributed by atoms with Crippen LogP contribution >= 0.6 is 0 Å². The molecular weight excluding hydrogens is 345 g/mol. The second-order valence-corrected chi connectivity index (χ2v) is 9.75. The molecule has 0 N–H and O–H groups in total. The number of aromatic nitrogens is 1. The smallest absolute Gasteiger partial charge is 0.147 e. The molecule has 0 aliphatic heterocycles. The quantitative estimate of drug-likeness (QED) is 0.325. The van der Waals surface area contributed by atoms with Crippen LogP contribution in [0.4, 0.5) is 4.39 Å². The molecule has 0 spiro atoms. The van der Waals surface area contributed by atoms with Gasteiger partial charge in [-0.15, -0.1) is 0 Å². The molecule has 1 aromatic heterocycles. The van der Waals surface area contributed by atoms with Gasteiger partial charge in [-0.1, -0.05) is 65.8 Å². The molecule has 0 fully saturated rings. The van der Waals surface area contributed by atoms with Crippen molar-refractivity contribution in [3.63, 3.8) is 0 Å². The third kappa shape index (κ3) is 3.01. The third-order valence-corrected chi connectivity index (χ3v) is 5.59. The van der Waals surface area contributed by atoms with E-state index in [9.17, 15) is 4.39 Å². The fraction of sp³-hybridized carbons (Fsp3) is 0.308. The maximum atomic E-state index is 14.7. The van der Waals surface area contributed by atoms with Gasteiger partial charge in [0.05, 0.1) is 16.7 Å². The van der Waals surface area contributed by atoms with Gasteiger partial charge in [0.25, 0.3) is 0 Å². The Bertz CT molecular complexity index is 1110. The number of fused-ring (bicyclic) bond motifs is 3. The van der Waals surface area contributed by atoms with E-state index in [4.69, 9.17) is 0 Å². The largest absolute Gasteiger partial charge is 0.306 e. The Balaban J connectivity index is 2.15. The van der Waals surface area contributed by atoms with Crippen LogP contribution in [0, 0.1) is 5.82 Å². The van der Waals surface area contributed by atoms with Crippen molar-refractivity contribution in [2.75, 3.05) is 0 Å². The van der Waals surface area contributed by atoms with Crippen molar-refractivity contribution >= 4 is 21.8 Å². The number of para-hydroxylation sites is 1. The minimum atomic E-state index is -0.207. The normalized spacial score (nSPS) is 12.8. The number of benzene rings is 3. The van der Waals surface area contributed by atoms with Gasteiger partial charge in [0.2, 0.25) is 0 Å². The topological polar surface area (TPSA) is 4.93 Å². The van der Waals surface area contributed by atoms with Crippen molar-refractivity contribution in [3.8, 4) is 5.69 Å². The highest BCUT2D eigenvalue weighted by Gasteiger charge is 2.21. The van der Waals surface area contributed by atoms with Gasteiger partial charge >= 0.3 is 0 Å². The lowest BCUT2D eigenvalue weighted by Crippen LogP contribution is -2.10. The Hall–Kier alpha value is -2.61. The molecular formula is C26H28FN. The molecule has 0 saturated carbocycles. The molecule has 0 amide bonds. The van der Waals surface area contributed by atoms with Crippen LogP contribution in [-0.2, 0) is 10.8 Å². The van der Waals surface area contributed by atoms with E-state index in [0.717, 1.165) is 11.0 Å². The van der Waals surface area contributed by atoms with Crippen LogP contribution in [0.1, 0.15) is 52.7 Å². The molecule has 0 unspecified atom stereocenters. The van der Waals surface area contributed by atoms with Crippen molar-refractivity contribution in [2.45, 2.75) is 52.4 Å². The maximum Gasteiger partial charge on any atom is 0.147 e. The first-order valence-corrected chi connectivity index (χ1v) is 9.91. The molecule has 144 valence electrons. The number of hydrogen-bond donors (Lipinski definition) is 0. The fourth-order valence-corrected chi connectivity index (χ4v) is 3.85. The van der Waals surface area contributed by atoms with Crippen molar-refractivity contribution < 1.29 is 4.39 Å². The summed E-state index contributed by atoms with van der Waals surface area (Å²) in [5.41, 5.74) is 5.36. The molecule has 0 atom stereocenters. The zero-order valence-electron chi connectivity index (χ0n) is 17.6. The zero-order valence-corrected chi connectivity index (χ0v) is 17.6. The highest BCUT2D eigenvalue weighted by molar-refractivity contribution is 6.09. The third-order valence-electron chi connectivity index (χ3n) is 5.59. The van der Waals surface area contributed by atoms with Crippen LogP contribution in [0.2, 0.25) is 0 Å². The summed E-state index contributed by atoms with van der Waals surface area (Å²) in [6.07, 6.45) is 0. The van der Waals surface area contributed by atoms with E-state index in [0.29, 0.717) is 5.69 Å². The first kappa shape index (κ1) is 18.7. The number of rotatable bonds is 1. The minimum absolute atomic E-state index is 0.0578. The van der Waals surface area contributed by atoms with Crippen LogP contribution in [0.3, 0.4) is 0 Å². The molecule has 1 heterocycles. The van der Waals surface area contributed by atoms with Crippen molar-refractivity contribution in [1.82, 2.24) is 4.57 Å². The highest BCUT2D eigenvalue weighted by atomic mass is 19.1. The molecule has 0 aliphatic rings. The molecule has 4 aromatic rings. The Morgan fingerprint density at radius 2 is 1.11 bits per heavy atom. The van der Waals surface area contributed by atoms with Gasteiger partial charge in [-0.2, -0.15) is 0 Å². The molecule has 0 saturated heterocycles. The Kier molecular flexibility index (Phi) is 4.15. The van der Waals surface area contributed by atoms with E-state index in [2.05, 4.69) is 82.5 Å². The summed E-state index contributed by atoms with van der Waals surface area (Å²) >= 11 is 0. The Morgan fingerprint density at radius 3 is 1.54 bits per heavy atom. The number of hydrogen-bond acceptors (Lipinski definition) is 0. The molecule has 0 aliphatic carbocycles. The lowest BCUT2D eigenvalue weighted by Gasteiger charge is -2.19. The van der Waals surface area contributed by atoms with Crippen LogP contribution < -0.4 is 0 Å². The molecule has 0 bridgehead atoms. The zero-order chi connectivity index (χ0) is 20.3. The molecule has 28 heavy (non-hydrogen) atoms. The van der Waals surface area contributed by atoms with Gasteiger partial charge in [0.1, 0.15) is 5.82 Å². The highest BCUT2D eigenvalue weighted by Crippen LogP contribution is 2.37. The van der Waals surface area contributed by atoms with E-state index < -0.39 is 0 Å². The molecule has 2 heteroatoms. The van der Waals surface area contributed by atoms with Gasteiger partial charge in [-0.05, 0) is 58.4 Å². The van der Waals surface area contributed by atoms with Gasteiger partial charge in [0, 0.05) is 10.8 Å².